The SMILES string of the molecule is FC(F)Oc1cn(-c2c(Cl)cc(C(F)(F)F)cc2Cl)nc1C(F)(F)F. The van der Waals surface area contributed by atoms with Crippen LogP contribution in [0.1, 0.15) is 11.3 Å². The van der Waals surface area contributed by atoms with Crippen molar-refractivity contribution >= 4 is 23.2 Å². The molecule has 0 N–H and O–H groups in total. The maximum Gasteiger partial charge on any atom is 0.438 e. The van der Waals surface area contributed by atoms with E-state index in [9.17, 15) is 35.1 Å². The molecule has 0 saturated carbocycles. The Labute approximate surface area is 143 Å². The van der Waals surface area contributed by atoms with Crippen molar-refractivity contribution in [3.8, 4) is 11.4 Å². The second kappa shape index (κ2) is 6.52. The Hall–Kier alpha value is -1.75. The van der Waals surface area contributed by atoms with E-state index in [-0.39, 0.29) is 0 Å². The van der Waals surface area contributed by atoms with E-state index in [1.54, 1.807) is 0 Å². The summed E-state index contributed by atoms with van der Waals surface area (Å²) in [6.07, 6.45) is -9.59. The number of nitrogens with zero attached hydrogens (tertiary/aromatic N) is 2. The Morgan fingerprint density at radius 2 is 1.48 bits per heavy atom. The molecule has 1 aromatic heterocycles. The first kappa shape index (κ1) is 19.6. The zero-order valence-corrected chi connectivity index (χ0v) is 12.9. The Bertz CT molecular complexity index is 761. The van der Waals surface area contributed by atoms with Gasteiger partial charge >= 0.3 is 19.0 Å². The van der Waals surface area contributed by atoms with E-state index in [1.807, 2.05) is 0 Å². The quantitative estimate of drug-likeness (QED) is 0.591. The van der Waals surface area contributed by atoms with Gasteiger partial charge in [0.1, 0.15) is 5.69 Å². The third-order valence-electron chi connectivity index (χ3n) is 2.74. The van der Waals surface area contributed by atoms with Gasteiger partial charge in [0, 0.05) is 0 Å². The van der Waals surface area contributed by atoms with E-state index in [1.165, 1.54) is 0 Å². The fourth-order valence-electron chi connectivity index (χ4n) is 1.80. The number of ether oxygens (including phenoxy) is 1. The molecule has 0 radical (unpaired) electrons. The summed E-state index contributed by atoms with van der Waals surface area (Å²) < 4.78 is 105. The average Bonchev–Trinajstić information content (AvgIpc) is 2.79. The highest BCUT2D eigenvalue weighted by Gasteiger charge is 2.40. The van der Waals surface area contributed by atoms with Crippen molar-refractivity contribution in [2.75, 3.05) is 0 Å². The molecule has 25 heavy (non-hydrogen) atoms. The summed E-state index contributed by atoms with van der Waals surface area (Å²) in [6.45, 7) is -3.59. The van der Waals surface area contributed by atoms with Gasteiger partial charge in [0.25, 0.3) is 0 Å². The first-order valence-electron chi connectivity index (χ1n) is 5.99. The van der Waals surface area contributed by atoms with Gasteiger partial charge in [-0.15, -0.1) is 0 Å². The molecular weight excluding hydrogens is 411 g/mol. The number of hydrogen-bond acceptors (Lipinski definition) is 2. The van der Waals surface area contributed by atoms with Crippen LogP contribution in [0.4, 0.5) is 35.1 Å². The van der Waals surface area contributed by atoms with Crippen LogP contribution in [0.25, 0.3) is 5.69 Å². The molecule has 0 spiro atoms. The highest BCUT2D eigenvalue weighted by molar-refractivity contribution is 6.37. The van der Waals surface area contributed by atoms with Crippen molar-refractivity contribution in [3.63, 3.8) is 0 Å². The molecule has 0 atom stereocenters. The van der Waals surface area contributed by atoms with Gasteiger partial charge in [0.2, 0.25) is 5.69 Å². The Kier molecular flexibility index (Phi) is 5.11. The lowest BCUT2D eigenvalue weighted by molar-refractivity contribution is -0.145. The van der Waals surface area contributed by atoms with Gasteiger partial charge in [-0.25, -0.2) is 4.68 Å². The van der Waals surface area contributed by atoms with E-state index < -0.39 is 51.7 Å². The van der Waals surface area contributed by atoms with Crippen LogP contribution in [0.2, 0.25) is 10.0 Å². The van der Waals surface area contributed by atoms with Crippen molar-refractivity contribution in [2.45, 2.75) is 19.0 Å². The van der Waals surface area contributed by atoms with Crippen LogP contribution in [-0.4, -0.2) is 16.4 Å². The minimum absolute atomic E-state index is 0.311. The number of benzene rings is 1. The van der Waals surface area contributed by atoms with Crippen molar-refractivity contribution in [2.24, 2.45) is 0 Å². The number of alkyl halides is 8. The smallest absolute Gasteiger partial charge is 0.431 e. The van der Waals surface area contributed by atoms with E-state index in [0.29, 0.717) is 23.0 Å². The van der Waals surface area contributed by atoms with E-state index >= 15 is 0 Å². The van der Waals surface area contributed by atoms with E-state index in [0.717, 1.165) is 0 Å². The summed E-state index contributed by atoms with van der Waals surface area (Å²) in [5.41, 5.74) is -3.63. The maximum atomic E-state index is 12.8. The van der Waals surface area contributed by atoms with E-state index in [2.05, 4.69) is 9.84 Å². The van der Waals surface area contributed by atoms with Crippen LogP contribution in [0, 0.1) is 0 Å². The van der Waals surface area contributed by atoms with Crippen LogP contribution >= 0.6 is 23.2 Å². The molecule has 13 heteroatoms. The highest BCUT2D eigenvalue weighted by Crippen LogP contribution is 2.40. The fraction of sp³-hybridized carbons (Fsp3) is 0.250. The summed E-state index contributed by atoms with van der Waals surface area (Å²) in [7, 11) is 0. The molecule has 0 fully saturated rings. The van der Waals surface area contributed by atoms with Gasteiger partial charge in [-0.05, 0) is 12.1 Å². The van der Waals surface area contributed by atoms with Gasteiger partial charge in [-0.1, -0.05) is 23.2 Å². The van der Waals surface area contributed by atoms with Crippen LogP contribution < -0.4 is 4.74 Å². The first-order valence-corrected chi connectivity index (χ1v) is 6.74. The van der Waals surface area contributed by atoms with Crippen molar-refractivity contribution in [3.05, 3.63) is 39.6 Å². The molecule has 0 amide bonds. The van der Waals surface area contributed by atoms with Crippen molar-refractivity contribution in [1.29, 1.82) is 0 Å². The Balaban J connectivity index is 2.61. The van der Waals surface area contributed by atoms with Crippen LogP contribution in [-0.2, 0) is 12.4 Å². The molecule has 0 bridgehead atoms. The zero-order chi connectivity index (χ0) is 19.2. The lowest BCUT2D eigenvalue weighted by Gasteiger charge is -2.12. The lowest BCUT2D eigenvalue weighted by Crippen LogP contribution is -2.11. The van der Waals surface area contributed by atoms with Crippen LogP contribution in [0.5, 0.6) is 5.75 Å². The lowest BCUT2D eigenvalue weighted by atomic mass is 10.2. The molecule has 138 valence electrons. The molecule has 0 saturated heterocycles. The molecule has 0 aliphatic carbocycles. The third-order valence-corrected chi connectivity index (χ3v) is 3.31. The molecule has 0 aliphatic rings. The predicted octanol–water partition coefficient (Wildman–Crippen LogP) is 5.82. The Morgan fingerprint density at radius 3 is 1.88 bits per heavy atom. The van der Waals surface area contributed by atoms with Crippen molar-refractivity contribution < 1.29 is 39.9 Å². The fourth-order valence-corrected chi connectivity index (χ4v) is 2.46. The molecule has 0 unspecified atom stereocenters. The summed E-state index contributed by atoms with van der Waals surface area (Å²) in [5.74, 6) is -1.34. The second-order valence-electron chi connectivity index (χ2n) is 4.45. The molecule has 3 nitrogen and oxygen atoms in total. The summed E-state index contributed by atoms with van der Waals surface area (Å²) in [4.78, 5) is 0. The molecule has 1 heterocycles. The predicted molar refractivity (Wildman–Crippen MR) is 70.2 cm³/mol. The molecule has 0 aliphatic heterocycles. The minimum Gasteiger partial charge on any atom is -0.431 e. The minimum atomic E-state index is -5.17. The number of hydrogen-bond donors (Lipinski definition) is 0. The van der Waals surface area contributed by atoms with Crippen molar-refractivity contribution in [1.82, 2.24) is 9.78 Å². The van der Waals surface area contributed by atoms with Gasteiger partial charge in [-0.3, -0.25) is 0 Å². The topological polar surface area (TPSA) is 27.1 Å². The van der Waals surface area contributed by atoms with Crippen LogP contribution in [0.3, 0.4) is 0 Å². The average molecular weight is 415 g/mol. The molecule has 1 aromatic carbocycles. The molecule has 2 aromatic rings. The number of rotatable bonds is 3. The van der Waals surface area contributed by atoms with Gasteiger partial charge < -0.3 is 4.74 Å². The largest absolute Gasteiger partial charge is 0.438 e. The van der Waals surface area contributed by atoms with Gasteiger partial charge in [0.15, 0.2) is 5.75 Å². The summed E-state index contributed by atoms with van der Waals surface area (Å²) in [5, 5.41) is 1.61. The summed E-state index contributed by atoms with van der Waals surface area (Å²) in [6, 6.07) is 0.816. The molecular formula is C12H4Cl2F8N2O. The monoisotopic (exact) mass is 414 g/mol. The molecule has 2 rings (SSSR count). The maximum absolute atomic E-state index is 12.8. The first-order chi connectivity index (χ1) is 11.3. The second-order valence-corrected chi connectivity index (χ2v) is 5.26. The number of aromatic nitrogens is 2. The zero-order valence-electron chi connectivity index (χ0n) is 11.4. The highest BCUT2D eigenvalue weighted by atomic mass is 35.5. The van der Waals surface area contributed by atoms with Gasteiger partial charge in [0.05, 0.1) is 21.8 Å². The summed E-state index contributed by atoms with van der Waals surface area (Å²) >= 11 is 11.3. The van der Waals surface area contributed by atoms with E-state index in [4.69, 9.17) is 23.2 Å². The number of halogens is 10. The standard InChI is InChI=1S/C12H4Cl2F8N2O/c13-5-1-4(11(17,18)19)2-6(14)8(5)24-3-7(25-10(15)16)9(23-24)12(20,21)22/h1-3,10H. The van der Waals surface area contributed by atoms with Gasteiger partial charge in [-0.2, -0.15) is 40.2 Å². The normalized spacial score (nSPS) is 12.8. The Morgan fingerprint density at radius 1 is 0.960 bits per heavy atom. The third kappa shape index (κ3) is 4.27. The van der Waals surface area contributed by atoms with Crippen LogP contribution in [0.15, 0.2) is 18.3 Å².